The second-order valence-electron chi connectivity index (χ2n) is 10.2. The van der Waals surface area contributed by atoms with Gasteiger partial charge in [0.15, 0.2) is 0 Å². The van der Waals surface area contributed by atoms with Gasteiger partial charge in [-0.15, -0.1) is 0 Å². The molecule has 37 heavy (non-hydrogen) atoms. The summed E-state index contributed by atoms with van der Waals surface area (Å²) < 4.78 is 0. The first-order chi connectivity index (χ1) is 18.2. The number of imide groups is 1. The lowest BCUT2D eigenvalue weighted by molar-refractivity contribution is -0.122. The molecule has 9 rings (SSSR count). The normalized spacial score (nSPS) is 23.2. The molecule has 4 aromatic carbocycles. The molecule has 1 aliphatic heterocycles. The number of rotatable bonds is 2. The van der Waals surface area contributed by atoms with E-state index in [4.69, 9.17) is 0 Å². The molecule has 0 radical (unpaired) electrons. The van der Waals surface area contributed by atoms with Gasteiger partial charge in [-0.3, -0.25) is 14.6 Å². The van der Waals surface area contributed by atoms with Crippen molar-refractivity contribution in [3.63, 3.8) is 0 Å². The van der Waals surface area contributed by atoms with Gasteiger partial charge in [0.1, 0.15) is 0 Å². The summed E-state index contributed by atoms with van der Waals surface area (Å²) in [6, 6.07) is 34.6. The van der Waals surface area contributed by atoms with Crippen LogP contribution in [0, 0.1) is 11.8 Å². The van der Waals surface area contributed by atoms with Crippen LogP contribution in [0.3, 0.4) is 0 Å². The van der Waals surface area contributed by atoms with Crippen LogP contribution in [0.5, 0.6) is 0 Å². The second kappa shape index (κ2) is 7.47. The zero-order valence-electron chi connectivity index (χ0n) is 19.9. The summed E-state index contributed by atoms with van der Waals surface area (Å²) in [7, 11) is 0. The highest BCUT2D eigenvalue weighted by atomic mass is 16.2. The van der Waals surface area contributed by atoms with E-state index in [1.807, 2.05) is 66.7 Å². The Kier molecular flexibility index (Phi) is 4.16. The van der Waals surface area contributed by atoms with Crippen LogP contribution in [0.4, 0.5) is 5.69 Å². The smallest absolute Gasteiger partial charge is 0.238 e. The molecule has 0 unspecified atom stereocenters. The Hall–Kier alpha value is -4.57. The lowest BCUT2D eigenvalue weighted by atomic mass is 9.55. The van der Waals surface area contributed by atoms with Crippen molar-refractivity contribution in [1.82, 2.24) is 4.98 Å². The fourth-order valence-corrected chi connectivity index (χ4v) is 7.13. The van der Waals surface area contributed by atoms with Gasteiger partial charge in [0.05, 0.1) is 23.0 Å². The summed E-state index contributed by atoms with van der Waals surface area (Å²) in [4.78, 5) is 34.6. The third kappa shape index (κ3) is 2.65. The van der Waals surface area contributed by atoms with E-state index in [1.54, 1.807) is 6.20 Å². The van der Waals surface area contributed by atoms with Gasteiger partial charge in [-0.05, 0) is 45.5 Å². The van der Waals surface area contributed by atoms with Gasteiger partial charge < -0.3 is 0 Å². The largest absolute Gasteiger partial charge is 0.274 e. The molecule has 2 heterocycles. The highest BCUT2D eigenvalue weighted by Crippen LogP contribution is 2.61. The van der Waals surface area contributed by atoms with E-state index in [9.17, 15) is 9.59 Å². The van der Waals surface area contributed by atoms with Crippen molar-refractivity contribution in [2.24, 2.45) is 11.8 Å². The monoisotopic (exact) mass is 478 g/mol. The summed E-state index contributed by atoms with van der Waals surface area (Å²) in [6.45, 7) is 0. The molecule has 1 saturated heterocycles. The minimum atomic E-state index is -0.408. The summed E-state index contributed by atoms with van der Waals surface area (Å²) in [5, 5.41) is 0.927. The van der Waals surface area contributed by atoms with Crippen LogP contribution in [-0.2, 0) is 9.59 Å². The molecule has 4 aliphatic rings. The van der Waals surface area contributed by atoms with Crippen molar-refractivity contribution >= 4 is 28.4 Å². The first kappa shape index (κ1) is 20.6. The Balaban J connectivity index is 1.32. The van der Waals surface area contributed by atoms with Crippen molar-refractivity contribution in [2.75, 3.05) is 4.90 Å². The second-order valence-corrected chi connectivity index (χ2v) is 10.2. The zero-order chi connectivity index (χ0) is 24.7. The third-order valence-electron chi connectivity index (χ3n) is 8.52. The summed E-state index contributed by atoms with van der Waals surface area (Å²) in [6.07, 6.45) is 1.77. The number of pyridine rings is 1. The number of hydrogen-bond acceptors (Lipinski definition) is 3. The zero-order valence-corrected chi connectivity index (χ0v) is 19.9. The predicted molar refractivity (Wildman–Crippen MR) is 143 cm³/mol. The average Bonchev–Trinajstić information content (AvgIpc) is 3.23. The lowest BCUT2D eigenvalue weighted by Crippen LogP contribution is -2.41. The van der Waals surface area contributed by atoms with Crippen LogP contribution >= 0.6 is 0 Å². The Bertz CT molecular complexity index is 1640. The van der Waals surface area contributed by atoms with Gasteiger partial charge in [-0.25, -0.2) is 4.90 Å². The Morgan fingerprint density at radius 1 is 0.568 bits per heavy atom. The SMILES string of the molecule is O=C1[C@@H]2C3c4ccccc4C(c4ccccc43)[C@@H]2C(=O)N1c1cccc2c(-c3ccccc3)ccnc12. The maximum atomic E-state index is 14.2. The van der Waals surface area contributed by atoms with E-state index in [1.165, 1.54) is 27.2 Å². The van der Waals surface area contributed by atoms with E-state index in [0.29, 0.717) is 11.2 Å². The minimum Gasteiger partial charge on any atom is -0.274 e. The van der Waals surface area contributed by atoms with Gasteiger partial charge in [-0.1, -0.05) is 91.0 Å². The number of aromatic nitrogens is 1. The molecule has 1 aromatic heterocycles. The molecule has 4 heteroatoms. The molecule has 2 atom stereocenters. The number of fused-ring (bicyclic) bond motifs is 1. The van der Waals surface area contributed by atoms with Crippen LogP contribution in [-0.4, -0.2) is 16.8 Å². The number of carbonyl (C=O) groups is 2. The molecule has 3 aliphatic carbocycles. The van der Waals surface area contributed by atoms with Crippen molar-refractivity contribution < 1.29 is 9.59 Å². The third-order valence-corrected chi connectivity index (χ3v) is 8.52. The molecule has 0 N–H and O–H groups in total. The topological polar surface area (TPSA) is 50.3 Å². The predicted octanol–water partition coefficient (Wildman–Crippen LogP) is 6.30. The van der Waals surface area contributed by atoms with E-state index in [-0.39, 0.29) is 23.7 Å². The fraction of sp³-hybridized carbons (Fsp3) is 0.121. The number of anilines is 1. The first-order valence-corrected chi connectivity index (χ1v) is 12.7. The molecular formula is C33H22N2O2. The maximum Gasteiger partial charge on any atom is 0.238 e. The van der Waals surface area contributed by atoms with Gasteiger partial charge in [0.2, 0.25) is 11.8 Å². The number of hydrogen-bond donors (Lipinski definition) is 0. The fourth-order valence-electron chi connectivity index (χ4n) is 7.13. The number of carbonyl (C=O) groups excluding carboxylic acids is 2. The molecular weight excluding hydrogens is 456 g/mol. The number of amides is 2. The van der Waals surface area contributed by atoms with Crippen molar-refractivity contribution in [3.8, 4) is 11.1 Å². The standard InChI is InChI=1S/C33H22N2O2/c36-32-29-27-21-11-4-5-12-22(21)28(24-14-7-6-13-23(24)27)30(29)33(37)35(32)26-16-8-15-25-20(17-18-34-31(25)26)19-9-2-1-3-10-19/h1-18,27-30H/t27?,28?,29-,30+. The maximum absolute atomic E-state index is 14.2. The highest BCUT2D eigenvalue weighted by Gasteiger charge is 2.61. The van der Waals surface area contributed by atoms with Crippen LogP contribution in [0.25, 0.3) is 22.0 Å². The van der Waals surface area contributed by atoms with Crippen molar-refractivity contribution in [3.05, 3.63) is 132 Å². The molecule has 176 valence electrons. The minimum absolute atomic E-state index is 0.117. The van der Waals surface area contributed by atoms with Gasteiger partial charge in [-0.2, -0.15) is 0 Å². The number of nitrogens with zero attached hydrogens (tertiary/aromatic N) is 2. The van der Waals surface area contributed by atoms with Gasteiger partial charge in [0, 0.05) is 23.4 Å². The molecule has 2 amide bonds. The average molecular weight is 479 g/mol. The molecule has 0 spiro atoms. The van der Waals surface area contributed by atoms with Crippen molar-refractivity contribution in [1.29, 1.82) is 0 Å². The summed E-state index contributed by atoms with van der Waals surface area (Å²) >= 11 is 0. The molecule has 0 saturated carbocycles. The van der Waals surface area contributed by atoms with E-state index in [2.05, 4.69) is 41.4 Å². The van der Waals surface area contributed by atoms with E-state index < -0.39 is 11.8 Å². The Morgan fingerprint density at radius 2 is 1.11 bits per heavy atom. The number of para-hydroxylation sites is 1. The lowest BCUT2D eigenvalue weighted by Gasteiger charge is -2.45. The molecule has 5 aromatic rings. The first-order valence-electron chi connectivity index (χ1n) is 12.7. The molecule has 2 bridgehead atoms. The van der Waals surface area contributed by atoms with E-state index in [0.717, 1.165) is 16.5 Å². The molecule has 4 nitrogen and oxygen atoms in total. The Morgan fingerprint density at radius 3 is 1.68 bits per heavy atom. The van der Waals surface area contributed by atoms with Crippen LogP contribution in [0.15, 0.2) is 109 Å². The van der Waals surface area contributed by atoms with Gasteiger partial charge >= 0.3 is 0 Å². The van der Waals surface area contributed by atoms with Crippen molar-refractivity contribution in [2.45, 2.75) is 11.8 Å². The Labute approximate surface area is 214 Å². The van der Waals surface area contributed by atoms with E-state index >= 15 is 0 Å². The van der Waals surface area contributed by atoms with Crippen LogP contribution in [0.1, 0.15) is 34.1 Å². The van der Waals surface area contributed by atoms with Crippen LogP contribution < -0.4 is 4.90 Å². The number of benzene rings is 4. The highest BCUT2D eigenvalue weighted by molar-refractivity contribution is 6.26. The summed E-state index contributed by atoms with van der Waals surface area (Å²) in [5.41, 5.74) is 8.07. The van der Waals surface area contributed by atoms with Crippen LogP contribution in [0.2, 0.25) is 0 Å². The quantitative estimate of drug-likeness (QED) is 0.280. The molecule has 1 fully saturated rings. The van der Waals surface area contributed by atoms with Gasteiger partial charge in [0.25, 0.3) is 0 Å². The summed E-state index contributed by atoms with van der Waals surface area (Å²) in [5.74, 6) is -1.29.